The summed E-state index contributed by atoms with van der Waals surface area (Å²) in [4.78, 5) is 11.0. The molecule has 1 N–H and O–H groups in total. The van der Waals surface area contributed by atoms with E-state index in [-0.39, 0.29) is 12.0 Å². The van der Waals surface area contributed by atoms with Crippen LogP contribution in [0.2, 0.25) is 0 Å². The van der Waals surface area contributed by atoms with Gasteiger partial charge in [-0.25, -0.2) is 0 Å². The van der Waals surface area contributed by atoms with Crippen LogP contribution in [0.25, 0.3) is 0 Å². The number of halogens is 3. The summed E-state index contributed by atoms with van der Waals surface area (Å²) in [6, 6.07) is 4.04. The third-order valence-electron chi connectivity index (χ3n) is 3.46. The minimum absolute atomic E-state index is 0.159. The van der Waals surface area contributed by atoms with Crippen molar-refractivity contribution in [2.45, 2.75) is 32.4 Å². The molecule has 1 fully saturated rings. The fourth-order valence-electron chi connectivity index (χ4n) is 2.09. The van der Waals surface area contributed by atoms with Crippen LogP contribution in [-0.2, 0) is 17.4 Å². The Labute approximate surface area is 102 Å². The second-order valence-corrected chi connectivity index (χ2v) is 4.91. The quantitative estimate of drug-likeness (QED) is 0.901. The molecule has 1 aliphatic rings. The second-order valence-electron chi connectivity index (χ2n) is 4.91. The average Bonchev–Trinajstić information content (AvgIpc) is 3.00. The van der Waals surface area contributed by atoms with Crippen LogP contribution in [0, 0.1) is 12.3 Å². The lowest BCUT2D eigenvalue weighted by molar-refractivity contribution is -0.143. The first-order valence-electron chi connectivity index (χ1n) is 5.65. The van der Waals surface area contributed by atoms with Crippen molar-refractivity contribution in [3.8, 4) is 0 Å². The van der Waals surface area contributed by atoms with Crippen LogP contribution in [0.1, 0.15) is 29.5 Å². The number of hydrogen-bond donors (Lipinski definition) is 1. The van der Waals surface area contributed by atoms with E-state index in [0.717, 1.165) is 6.07 Å². The number of carbonyl (C=O) groups is 1. The first kappa shape index (κ1) is 12.9. The Bertz CT molecular complexity index is 487. The molecule has 0 amide bonds. The molecular weight excluding hydrogens is 245 g/mol. The molecule has 0 unspecified atom stereocenters. The highest BCUT2D eigenvalue weighted by Crippen LogP contribution is 2.49. The number of rotatable bonds is 3. The normalized spacial score (nSPS) is 17.6. The van der Waals surface area contributed by atoms with Crippen LogP contribution in [0.4, 0.5) is 13.2 Å². The zero-order chi connectivity index (χ0) is 13.6. The van der Waals surface area contributed by atoms with Crippen molar-refractivity contribution in [3.05, 3.63) is 34.9 Å². The Hall–Kier alpha value is -1.52. The molecule has 98 valence electrons. The maximum atomic E-state index is 12.7. The molecule has 0 heterocycles. The predicted molar refractivity (Wildman–Crippen MR) is 59.2 cm³/mol. The van der Waals surface area contributed by atoms with Gasteiger partial charge < -0.3 is 5.11 Å². The average molecular weight is 258 g/mol. The number of alkyl halides is 3. The van der Waals surface area contributed by atoms with Crippen LogP contribution in [0.5, 0.6) is 0 Å². The Morgan fingerprint density at radius 3 is 2.44 bits per heavy atom. The lowest BCUT2D eigenvalue weighted by atomic mass is 9.94. The Balaban J connectivity index is 2.28. The first-order valence-corrected chi connectivity index (χ1v) is 5.65. The Morgan fingerprint density at radius 1 is 1.39 bits per heavy atom. The van der Waals surface area contributed by atoms with E-state index < -0.39 is 23.1 Å². The Kier molecular flexibility index (Phi) is 2.87. The summed E-state index contributed by atoms with van der Waals surface area (Å²) in [7, 11) is 0. The van der Waals surface area contributed by atoms with E-state index in [1.54, 1.807) is 6.07 Å². The molecular formula is C13H13F3O2. The number of carboxylic acids is 1. The van der Waals surface area contributed by atoms with Crippen molar-refractivity contribution in [1.29, 1.82) is 0 Å². The predicted octanol–water partition coefficient (Wildman–Crippen LogP) is 3.42. The van der Waals surface area contributed by atoms with Crippen LogP contribution in [-0.4, -0.2) is 11.1 Å². The molecule has 1 aromatic carbocycles. The van der Waals surface area contributed by atoms with Crippen LogP contribution in [0.15, 0.2) is 18.2 Å². The molecule has 1 aromatic rings. The molecule has 0 aliphatic heterocycles. The largest absolute Gasteiger partial charge is 0.481 e. The summed E-state index contributed by atoms with van der Waals surface area (Å²) in [5.41, 5.74) is -0.918. The van der Waals surface area contributed by atoms with Gasteiger partial charge in [0.1, 0.15) is 0 Å². The summed E-state index contributed by atoms with van der Waals surface area (Å²) >= 11 is 0. The first-order chi connectivity index (χ1) is 8.24. The number of aliphatic carboxylic acids is 1. The molecule has 2 rings (SSSR count). The highest BCUT2D eigenvalue weighted by Gasteiger charge is 2.50. The van der Waals surface area contributed by atoms with E-state index in [1.807, 2.05) is 0 Å². The maximum Gasteiger partial charge on any atom is 0.416 e. The highest BCUT2D eigenvalue weighted by molar-refractivity contribution is 5.78. The van der Waals surface area contributed by atoms with Crippen LogP contribution >= 0.6 is 0 Å². The fraction of sp³-hybridized carbons (Fsp3) is 0.462. The van der Waals surface area contributed by atoms with Crippen molar-refractivity contribution < 1.29 is 23.1 Å². The SMILES string of the molecule is Cc1ccc(CC2(C(=O)O)CC2)cc1C(F)(F)F. The smallest absolute Gasteiger partial charge is 0.416 e. The minimum Gasteiger partial charge on any atom is -0.481 e. The van der Waals surface area contributed by atoms with Crippen molar-refractivity contribution >= 4 is 5.97 Å². The number of carboxylic acid groups (broad SMARTS) is 1. The highest BCUT2D eigenvalue weighted by atomic mass is 19.4. The molecule has 2 nitrogen and oxygen atoms in total. The number of aryl methyl sites for hydroxylation is 1. The van der Waals surface area contributed by atoms with Gasteiger partial charge in [-0.2, -0.15) is 13.2 Å². The van der Waals surface area contributed by atoms with E-state index in [9.17, 15) is 18.0 Å². The van der Waals surface area contributed by atoms with E-state index in [4.69, 9.17) is 5.11 Å². The van der Waals surface area contributed by atoms with Gasteiger partial charge >= 0.3 is 12.1 Å². The Morgan fingerprint density at radius 2 is 2.00 bits per heavy atom. The topological polar surface area (TPSA) is 37.3 Å². The number of benzene rings is 1. The van der Waals surface area contributed by atoms with Gasteiger partial charge in [0.05, 0.1) is 11.0 Å². The van der Waals surface area contributed by atoms with Gasteiger partial charge in [-0.05, 0) is 43.4 Å². The van der Waals surface area contributed by atoms with Crippen LogP contribution < -0.4 is 0 Å². The van der Waals surface area contributed by atoms with Gasteiger partial charge in [-0.15, -0.1) is 0 Å². The van der Waals surface area contributed by atoms with E-state index in [2.05, 4.69) is 0 Å². The summed E-state index contributed by atoms with van der Waals surface area (Å²) in [5.74, 6) is -0.920. The molecule has 0 atom stereocenters. The summed E-state index contributed by atoms with van der Waals surface area (Å²) < 4.78 is 38.2. The van der Waals surface area contributed by atoms with Crippen molar-refractivity contribution in [2.24, 2.45) is 5.41 Å². The summed E-state index contributed by atoms with van der Waals surface area (Å²) in [5, 5.41) is 9.03. The standard InChI is InChI=1S/C13H13F3O2/c1-8-2-3-9(6-10(8)13(14,15)16)7-12(4-5-12)11(17)18/h2-3,6H,4-5,7H2,1H3,(H,17,18). The lowest BCUT2D eigenvalue weighted by Crippen LogP contribution is -2.18. The maximum absolute atomic E-state index is 12.7. The molecule has 18 heavy (non-hydrogen) atoms. The second kappa shape index (κ2) is 4.00. The van der Waals surface area contributed by atoms with Gasteiger partial charge in [-0.3, -0.25) is 4.79 Å². The summed E-state index contributed by atoms with van der Waals surface area (Å²) in [6.07, 6.45) is -3.14. The van der Waals surface area contributed by atoms with Gasteiger partial charge in [0.15, 0.2) is 0 Å². The number of hydrogen-bond acceptors (Lipinski definition) is 1. The van der Waals surface area contributed by atoms with Crippen molar-refractivity contribution in [2.75, 3.05) is 0 Å². The van der Waals surface area contributed by atoms with E-state index in [0.29, 0.717) is 18.4 Å². The van der Waals surface area contributed by atoms with Gasteiger partial charge in [0, 0.05) is 0 Å². The molecule has 1 saturated carbocycles. The molecule has 0 saturated heterocycles. The zero-order valence-electron chi connectivity index (χ0n) is 9.84. The molecule has 0 aromatic heterocycles. The third kappa shape index (κ3) is 2.35. The zero-order valence-corrected chi connectivity index (χ0v) is 9.84. The van der Waals surface area contributed by atoms with Crippen molar-refractivity contribution in [1.82, 2.24) is 0 Å². The molecule has 5 heteroatoms. The fourth-order valence-corrected chi connectivity index (χ4v) is 2.09. The monoisotopic (exact) mass is 258 g/mol. The molecule has 0 spiro atoms. The van der Waals surface area contributed by atoms with Crippen molar-refractivity contribution in [3.63, 3.8) is 0 Å². The third-order valence-corrected chi connectivity index (χ3v) is 3.46. The summed E-state index contributed by atoms with van der Waals surface area (Å²) in [6.45, 7) is 1.40. The minimum atomic E-state index is -4.39. The van der Waals surface area contributed by atoms with E-state index in [1.165, 1.54) is 13.0 Å². The van der Waals surface area contributed by atoms with Crippen LogP contribution in [0.3, 0.4) is 0 Å². The molecule has 0 bridgehead atoms. The van der Waals surface area contributed by atoms with Gasteiger partial charge in [0.25, 0.3) is 0 Å². The van der Waals surface area contributed by atoms with E-state index >= 15 is 0 Å². The lowest BCUT2D eigenvalue weighted by Gasteiger charge is -2.14. The molecule has 1 aliphatic carbocycles. The van der Waals surface area contributed by atoms with Gasteiger partial charge in [-0.1, -0.05) is 12.1 Å². The molecule has 0 radical (unpaired) electrons. The van der Waals surface area contributed by atoms with Gasteiger partial charge in [0.2, 0.25) is 0 Å².